The first-order chi connectivity index (χ1) is 22.3. The van der Waals surface area contributed by atoms with Crippen molar-refractivity contribution in [2.75, 3.05) is 43.1 Å². The molecule has 1 aliphatic carbocycles. The van der Waals surface area contributed by atoms with Gasteiger partial charge in [-0.15, -0.1) is 11.6 Å². The number of hydrogen-bond acceptors (Lipinski definition) is 7. The first-order valence-corrected chi connectivity index (χ1v) is 15.8. The van der Waals surface area contributed by atoms with Crippen LogP contribution in [0.3, 0.4) is 0 Å². The Labute approximate surface area is 271 Å². The van der Waals surface area contributed by atoms with E-state index in [2.05, 4.69) is 16.4 Å². The van der Waals surface area contributed by atoms with Gasteiger partial charge < -0.3 is 29.5 Å². The fourth-order valence-electron chi connectivity index (χ4n) is 6.29. The summed E-state index contributed by atoms with van der Waals surface area (Å²) >= 11 is 6.64. The Balaban J connectivity index is 1.16. The van der Waals surface area contributed by atoms with Gasteiger partial charge in [-0.1, -0.05) is 24.3 Å². The summed E-state index contributed by atoms with van der Waals surface area (Å²) in [5.74, 6) is 0.175. The monoisotopic (exact) mass is 639 g/mol. The number of fused-ring (bicyclic) bond motifs is 1. The molecule has 236 valence electrons. The summed E-state index contributed by atoms with van der Waals surface area (Å²) in [7, 11) is 1.66. The average Bonchev–Trinajstić information content (AvgIpc) is 3.85. The van der Waals surface area contributed by atoms with Crippen LogP contribution >= 0.6 is 11.6 Å². The maximum atomic E-state index is 13.7. The van der Waals surface area contributed by atoms with E-state index >= 15 is 0 Å². The lowest BCUT2D eigenvalue weighted by atomic mass is 9.93. The molecule has 2 aliphatic heterocycles. The number of nitrogens with zero attached hydrogens (tertiary/aromatic N) is 4. The van der Waals surface area contributed by atoms with Crippen LogP contribution in [0.15, 0.2) is 71.8 Å². The van der Waals surface area contributed by atoms with Gasteiger partial charge in [0.1, 0.15) is 11.5 Å². The Morgan fingerprint density at radius 1 is 1.04 bits per heavy atom. The molecule has 2 fully saturated rings. The number of benzene rings is 2. The molecule has 0 unspecified atom stereocenters. The van der Waals surface area contributed by atoms with Crippen LogP contribution in [-0.4, -0.2) is 64.2 Å². The highest BCUT2D eigenvalue weighted by Crippen LogP contribution is 2.52. The number of halogens is 1. The molecule has 4 heterocycles. The maximum absolute atomic E-state index is 13.7. The number of morpholine rings is 1. The molecule has 0 atom stereocenters. The number of pyridine rings is 2. The zero-order valence-electron chi connectivity index (χ0n) is 25.5. The van der Waals surface area contributed by atoms with Crippen molar-refractivity contribution in [2.45, 2.75) is 30.7 Å². The van der Waals surface area contributed by atoms with E-state index in [1.54, 1.807) is 41.2 Å². The molecule has 3 aliphatic rings. The number of ether oxygens (including phenoxy) is 1. The third kappa shape index (κ3) is 5.57. The fourth-order valence-corrected chi connectivity index (χ4v) is 6.50. The Bertz CT molecular complexity index is 1900. The van der Waals surface area contributed by atoms with Crippen LogP contribution in [0.1, 0.15) is 50.2 Å². The van der Waals surface area contributed by atoms with Crippen molar-refractivity contribution in [3.63, 3.8) is 0 Å². The molecule has 46 heavy (non-hydrogen) atoms. The summed E-state index contributed by atoms with van der Waals surface area (Å²) in [4.78, 5) is 47.2. The van der Waals surface area contributed by atoms with Crippen molar-refractivity contribution < 1.29 is 19.4 Å². The Morgan fingerprint density at radius 3 is 2.57 bits per heavy atom. The summed E-state index contributed by atoms with van der Waals surface area (Å²) < 4.78 is 6.80. The van der Waals surface area contributed by atoms with Gasteiger partial charge in [-0.25, -0.2) is 4.98 Å². The Morgan fingerprint density at radius 2 is 1.85 bits per heavy atom. The van der Waals surface area contributed by atoms with Gasteiger partial charge in [-0.3, -0.25) is 14.4 Å². The second kappa shape index (κ2) is 12.0. The molecule has 1 saturated carbocycles. The zero-order valence-corrected chi connectivity index (χ0v) is 26.2. The van der Waals surface area contributed by atoms with E-state index in [0.29, 0.717) is 78.6 Å². The molecular formula is C35H34ClN5O5. The third-order valence-electron chi connectivity index (χ3n) is 9.06. The summed E-state index contributed by atoms with van der Waals surface area (Å²) in [5.41, 5.74) is 5.76. The minimum absolute atomic E-state index is 0.112. The highest BCUT2D eigenvalue weighted by molar-refractivity contribution is 6.26. The number of carbonyl (C=O) groups excluding carboxylic acids is 2. The number of aryl methyl sites for hydroxylation is 1. The molecule has 0 spiro atoms. The van der Waals surface area contributed by atoms with E-state index in [1.165, 1.54) is 10.8 Å². The van der Waals surface area contributed by atoms with E-state index in [9.17, 15) is 19.5 Å². The lowest BCUT2D eigenvalue weighted by molar-refractivity contribution is 0.0302. The van der Waals surface area contributed by atoms with Gasteiger partial charge in [-0.05, 0) is 66.3 Å². The number of aliphatic hydroxyl groups is 1. The van der Waals surface area contributed by atoms with Crippen molar-refractivity contribution in [2.24, 2.45) is 7.05 Å². The van der Waals surface area contributed by atoms with Gasteiger partial charge in [0.25, 0.3) is 17.4 Å². The molecule has 7 rings (SSSR count). The molecule has 2 aromatic carbocycles. The molecule has 0 radical (unpaired) electrons. The topological polar surface area (TPSA) is 117 Å². The molecule has 4 aromatic rings. The van der Waals surface area contributed by atoms with Gasteiger partial charge in [0.05, 0.1) is 35.9 Å². The van der Waals surface area contributed by atoms with Crippen LogP contribution in [0.25, 0.3) is 11.1 Å². The third-order valence-corrected chi connectivity index (χ3v) is 9.65. The average molecular weight is 640 g/mol. The lowest BCUT2D eigenvalue weighted by Crippen LogP contribution is -2.40. The minimum Gasteiger partial charge on any atom is -0.392 e. The second-order valence-corrected chi connectivity index (χ2v) is 12.7. The fraction of sp³-hybridized carbons (Fsp3) is 0.314. The highest BCUT2D eigenvalue weighted by Gasteiger charge is 2.43. The largest absolute Gasteiger partial charge is 0.392 e. The van der Waals surface area contributed by atoms with E-state index in [-0.39, 0.29) is 34.5 Å². The number of rotatable bonds is 7. The van der Waals surface area contributed by atoms with Gasteiger partial charge in [-0.2, -0.15) is 0 Å². The van der Waals surface area contributed by atoms with Crippen molar-refractivity contribution in [3.8, 4) is 11.1 Å². The van der Waals surface area contributed by atoms with Gasteiger partial charge in [0, 0.05) is 55.8 Å². The number of aliphatic hydroxyl groups excluding tert-OH is 1. The van der Waals surface area contributed by atoms with E-state index < -0.39 is 0 Å². The van der Waals surface area contributed by atoms with Gasteiger partial charge in [0.15, 0.2) is 0 Å². The molecular weight excluding hydrogens is 606 g/mol. The van der Waals surface area contributed by atoms with Crippen molar-refractivity contribution >= 4 is 40.6 Å². The zero-order chi connectivity index (χ0) is 32.0. The second-order valence-electron chi connectivity index (χ2n) is 12.0. The quantitative estimate of drug-likeness (QED) is 0.284. The molecule has 10 nitrogen and oxygen atoms in total. The summed E-state index contributed by atoms with van der Waals surface area (Å²) in [5, 5.41) is 13.7. The SMILES string of the molecule is Cn1cc(-c2cccc(N3CCc4cc(C5(Cl)CC5)ccc4C3=O)c2CO)cc(Nc2ccc(C(=O)N3CCOCC3)cn2)c1=O. The smallest absolute Gasteiger partial charge is 0.274 e. The summed E-state index contributed by atoms with van der Waals surface area (Å²) in [6, 6.07) is 16.5. The number of nitrogens with one attached hydrogen (secondary N) is 1. The van der Waals surface area contributed by atoms with Crippen LogP contribution < -0.4 is 15.8 Å². The number of alkyl halides is 1. The molecule has 0 bridgehead atoms. The number of aromatic nitrogens is 2. The Kier molecular flexibility index (Phi) is 7.88. The molecule has 11 heteroatoms. The van der Waals surface area contributed by atoms with Crippen molar-refractivity contribution in [3.05, 3.63) is 105 Å². The van der Waals surface area contributed by atoms with Crippen LogP contribution in [-0.2, 0) is 29.7 Å². The molecule has 1 saturated heterocycles. The predicted octanol–water partition coefficient (Wildman–Crippen LogP) is 4.59. The van der Waals surface area contributed by atoms with Crippen molar-refractivity contribution in [1.29, 1.82) is 0 Å². The van der Waals surface area contributed by atoms with Gasteiger partial charge in [0.2, 0.25) is 0 Å². The van der Waals surface area contributed by atoms with Crippen LogP contribution in [0, 0.1) is 0 Å². The van der Waals surface area contributed by atoms with Crippen LogP contribution in [0.4, 0.5) is 17.2 Å². The van der Waals surface area contributed by atoms with Crippen LogP contribution in [0.2, 0.25) is 0 Å². The Hall–Kier alpha value is -4.51. The predicted molar refractivity (Wildman–Crippen MR) is 176 cm³/mol. The normalized spacial score (nSPS) is 17.1. The number of anilines is 3. The molecule has 2 aromatic heterocycles. The highest BCUT2D eigenvalue weighted by atomic mass is 35.5. The van der Waals surface area contributed by atoms with E-state index in [1.807, 2.05) is 30.3 Å². The van der Waals surface area contributed by atoms with Gasteiger partial charge >= 0.3 is 0 Å². The molecule has 2 amide bonds. The number of amides is 2. The lowest BCUT2D eigenvalue weighted by Gasteiger charge is -2.31. The first kappa shape index (κ1) is 30.2. The van der Waals surface area contributed by atoms with E-state index in [4.69, 9.17) is 16.3 Å². The standard InChI is InChI=1S/C35H34ClN5O5/c1-39-20-24(18-29(34(39)45)38-31-8-5-23(19-37-31)32(43)40-13-15-46-16-14-40)26-3-2-4-30(28(26)21-42)41-12-9-22-17-25(35(36)10-11-35)6-7-27(22)33(41)44/h2-8,17-20,42H,9-16,21H2,1H3,(H,37,38). The minimum atomic E-state index is -0.304. The number of carbonyl (C=O) groups is 2. The summed E-state index contributed by atoms with van der Waals surface area (Å²) in [6.07, 6.45) is 5.77. The van der Waals surface area contributed by atoms with Crippen molar-refractivity contribution in [1.82, 2.24) is 14.5 Å². The summed E-state index contributed by atoms with van der Waals surface area (Å²) in [6.45, 7) is 2.26. The number of hydrogen-bond donors (Lipinski definition) is 2. The molecule has 2 N–H and O–H groups in total. The first-order valence-electron chi connectivity index (χ1n) is 15.4. The van der Waals surface area contributed by atoms with E-state index in [0.717, 1.165) is 24.0 Å². The van der Waals surface area contributed by atoms with Crippen LogP contribution in [0.5, 0.6) is 0 Å². The maximum Gasteiger partial charge on any atom is 0.274 e.